The van der Waals surface area contributed by atoms with Crippen LogP contribution in [0.5, 0.6) is 0 Å². The standard InChI is InChI=1S/C18H20BrN3/c19-16-3-1-2-15(8-16)11-22-17-9-18(22)13-21(12-17)10-14-4-6-20-7-5-14/h1-8,17-18H,9-13H2. The number of aromatic nitrogens is 1. The molecule has 2 bridgehead atoms. The number of piperidine rings is 1. The molecule has 22 heavy (non-hydrogen) atoms. The first kappa shape index (κ1) is 14.4. The summed E-state index contributed by atoms with van der Waals surface area (Å²) in [5, 5.41) is 0. The molecule has 3 saturated heterocycles. The van der Waals surface area contributed by atoms with Crippen molar-refractivity contribution in [3.8, 4) is 0 Å². The van der Waals surface area contributed by atoms with Gasteiger partial charge >= 0.3 is 0 Å². The minimum atomic E-state index is 0.722. The van der Waals surface area contributed by atoms with Crippen LogP contribution >= 0.6 is 15.9 Å². The normalized spacial score (nSPS) is 25.0. The fraction of sp³-hybridized carbons (Fsp3) is 0.389. The quantitative estimate of drug-likeness (QED) is 0.836. The minimum Gasteiger partial charge on any atom is -0.296 e. The third-order valence-corrected chi connectivity index (χ3v) is 5.32. The molecule has 3 fully saturated rings. The molecule has 1 aromatic heterocycles. The Morgan fingerprint density at radius 3 is 2.50 bits per heavy atom. The average molecular weight is 358 g/mol. The molecule has 4 heteroatoms. The van der Waals surface area contributed by atoms with E-state index in [9.17, 15) is 0 Å². The molecule has 4 heterocycles. The van der Waals surface area contributed by atoms with Crippen molar-refractivity contribution in [3.05, 3.63) is 64.4 Å². The molecule has 114 valence electrons. The highest BCUT2D eigenvalue weighted by Crippen LogP contribution is 2.34. The molecule has 0 aliphatic carbocycles. The number of nitrogens with zero attached hydrogens (tertiary/aromatic N) is 3. The van der Waals surface area contributed by atoms with Crippen LogP contribution in [0, 0.1) is 0 Å². The van der Waals surface area contributed by atoms with Crippen LogP contribution in [-0.4, -0.2) is 40.0 Å². The van der Waals surface area contributed by atoms with Crippen molar-refractivity contribution in [1.82, 2.24) is 14.8 Å². The van der Waals surface area contributed by atoms with Crippen LogP contribution in [0.15, 0.2) is 53.3 Å². The summed E-state index contributed by atoms with van der Waals surface area (Å²) in [6.45, 7) is 4.51. The van der Waals surface area contributed by atoms with E-state index in [1.807, 2.05) is 12.4 Å². The Labute approximate surface area is 140 Å². The van der Waals surface area contributed by atoms with Crippen LogP contribution in [0.4, 0.5) is 0 Å². The van der Waals surface area contributed by atoms with Crippen LogP contribution in [0.1, 0.15) is 17.5 Å². The van der Waals surface area contributed by atoms with Crippen molar-refractivity contribution < 1.29 is 0 Å². The highest BCUT2D eigenvalue weighted by Gasteiger charge is 2.44. The number of pyridine rings is 1. The third-order valence-electron chi connectivity index (χ3n) is 4.83. The van der Waals surface area contributed by atoms with Gasteiger partial charge in [-0.3, -0.25) is 14.8 Å². The van der Waals surface area contributed by atoms with Gasteiger partial charge in [-0.05, 0) is 41.8 Å². The lowest BCUT2D eigenvalue weighted by Crippen LogP contribution is -2.67. The summed E-state index contributed by atoms with van der Waals surface area (Å²) in [5.74, 6) is 0. The summed E-state index contributed by atoms with van der Waals surface area (Å²) in [6.07, 6.45) is 5.14. The van der Waals surface area contributed by atoms with Crippen molar-refractivity contribution in [3.63, 3.8) is 0 Å². The molecular formula is C18H20BrN3. The van der Waals surface area contributed by atoms with Crippen molar-refractivity contribution in [2.24, 2.45) is 0 Å². The van der Waals surface area contributed by atoms with Gasteiger partial charge in [0.1, 0.15) is 0 Å². The van der Waals surface area contributed by atoms with E-state index in [0.29, 0.717) is 0 Å². The largest absolute Gasteiger partial charge is 0.296 e. The molecule has 5 rings (SSSR count). The van der Waals surface area contributed by atoms with E-state index in [0.717, 1.165) is 25.2 Å². The Balaban J connectivity index is 1.36. The minimum absolute atomic E-state index is 0.722. The highest BCUT2D eigenvalue weighted by atomic mass is 79.9. The second kappa shape index (κ2) is 6.11. The molecule has 3 aliphatic rings. The van der Waals surface area contributed by atoms with Crippen molar-refractivity contribution >= 4 is 15.9 Å². The van der Waals surface area contributed by atoms with Crippen LogP contribution in [0.3, 0.4) is 0 Å². The average Bonchev–Trinajstić information content (AvgIpc) is 2.54. The van der Waals surface area contributed by atoms with Gasteiger partial charge in [-0.2, -0.15) is 0 Å². The van der Waals surface area contributed by atoms with Gasteiger partial charge in [-0.15, -0.1) is 0 Å². The van der Waals surface area contributed by atoms with Gasteiger partial charge in [0.25, 0.3) is 0 Å². The number of fused-ring (bicyclic) bond motifs is 2. The molecule has 0 N–H and O–H groups in total. The third kappa shape index (κ3) is 2.96. The van der Waals surface area contributed by atoms with Crippen molar-refractivity contribution in [1.29, 1.82) is 0 Å². The Kier molecular flexibility index (Phi) is 3.99. The molecule has 2 unspecified atom stereocenters. The molecule has 1 aromatic carbocycles. The first-order valence-corrected chi connectivity index (χ1v) is 8.69. The summed E-state index contributed by atoms with van der Waals surface area (Å²) in [6, 6.07) is 14.4. The molecule has 3 aliphatic heterocycles. The molecule has 0 radical (unpaired) electrons. The number of halogens is 1. The zero-order valence-electron chi connectivity index (χ0n) is 12.5. The second-order valence-electron chi connectivity index (χ2n) is 6.40. The molecule has 2 atom stereocenters. The number of piperazine rings is 1. The smallest absolute Gasteiger partial charge is 0.0271 e. The zero-order chi connectivity index (χ0) is 14.9. The zero-order valence-corrected chi connectivity index (χ0v) is 14.1. The number of rotatable bonds is 4. The van der Waals surface area contributed by atoms with Gasteiger partial charge in [-0.25, -0.2) is 0 Å². The molecule has 3 nitrogen and oxygen atoms in total. The van der Waals surface area contributed by atoms with Gasteiger partial charge < -0.3 is 0 Å². The maximum absolute atomic E-state index is 4.10. The molecule has 0 saturated carbocycles. The second-order valence-corrected chi connectivity index (χ2v) is 7.31. The van der Waals surface area contributed by atoms with Crippen LogP contribution in [-0.2, 0) is 13.1 Å². The first-order chi connectivity index (χ1) is 10.8. The SMILES string of the molecule is Brc1cccc(CN2C3CC2CN(Cc2ccncc2)C3)c1. The Bertz CT molecular complexity index is 634. The molecule has 0 spiro atoms. The van der Waals surface area contributed by atoms with E-state index >= 15 is 0 Å². The lowest BCUT2D eigenvalue weighted by Gasteiger charge is -2.56. The summed E-state index contributed by atoms with van der Waals surface area (Å²) in [5.41, 5.74) is 2.78. The van der Waals surface area contributed by atoms with Gasteiger partial charge in [-0.1, -0.05) is 28.1 Å². The molecule has 0 amide bonds. The highest BCUT2D eigenvalue weighted by molar-refractivity contribution is 9.10. The van der Waals surface area contributed by atoms with E-state index in [2.05, 4.69) is 67.1 Å². The topological polar surface area (TPSA) is 19.4 Å². The predicted octanol–water partition coefficient (Wildman–Crippen LogP) is 3.30. The van der Waals surface area contributed by atoms with E-state index < -0.39 is 0 Å². The van der Waals surface area contributed by atoms with Crippen molar-refractivity contribution in [2.75, 3.05) is 13.1 Å². The summed E-state index contributed by atoms with van der Waals surface area (Å²) < 4.78 is 1.18. The molecule has 2 aromatic rings. The predicted molar refractivity (Wildman–Crippen MR) is 91.4 cm³/mol. The van der Waals surface area contributed by atoms with Crippen LogP contribution in [0.25, 0.3) is 0 Å². The fourth-order valence-corrected chi connectivity index (χ4v) is 4.20. The van der Waals surface area contributed by atoms with Gasteiger partial charge in [0, 0.05) is 55.1 Å². The Hall–Kier alpha value is -1.23. The fourth-order valence-electron chi connectivity index (χ4n) is 3.75. The van der Waals surface area contributed by atoms with Gasteiger partial charge in [0.05, 0.1) is 0 Å². The molecular weight excluding hydrogens is 338 g/mol. The number of hydrogen-bond acceptors (Lipinski definition) is 3. The lowest BCUT2D eigenvalue weighted by molar-refractivity contribution is -0.0774. The summed E-state index contributed by atoms with van der Waals surface area (Å²) in [7, 11) is 0. The maximum atomic E-state index is 4.10. The van der Waals surface area contributed by atoms with E-state index in [4.69, 9.17) is 0 Å². The monoisotopic (exact) mass is 357 g/mol. The van der Waals surface area contributed by atoms with Gasteiger partial charge in [0.2, 0.25) is 0 Å². The van der Waals surface area contributed by atoms with E-state index in [-0.39, 0.29) is 0 Å². The lowest BCUT2D eigenvalue weighted by atomic mass is 9.86. The van der Waals surface area contributed by atoms with E-state index in [1.54, 1.807) is 0 Å². The van der Waals surface area contributed by atoms with E-state index in [1.165, 1.54) is 35.1 Å². The van der Waals surface area contributed by atoms with Crippen molar-refractivity contribution in [2.45, 2.75) is 31.6 Å². The summed E-state index contributed by atoms with van der Waals surface area (Å²) >= 11 is 3.57. The maximum Gasteiger partial charge on any atom is 0.0271 e. The van der Waals surface area contributed by atoms with Crippen LogP contribution < -0.4 is 0 Å². The Morgan fingerprint density at radius 2 is 1.77 bits per heavy atom. The van der Waals surface area contributed by atoms with Crippen LogP contribution in [0.2, 0.25) is 0 Å². The number of hydrogen-bond donors (Lipinski definition) is 0. The summed E-state index contributed by atoms with van der Waals surface area (Å²) in [4.78, 5) is 9.36. The first-order valence-electron chi connectivity index (χ1n) is 7.89. The Morgan fingerprint density at radius 1 is 1.00 bits per heavy atom. The number of benzene rings is 1. The van der Waals surface area contributed by atoms with Gasteiger partial charge in [0.15, 0.2) is 0 Å².